The molecule has 1 saturated heterocycles. The first kappa shape index (κ1) is 14.0. The molecule has 19 heavy (non-hydrogen) atoms. The van der Waals surface area contributed by atoms with E-state index in [1.54, 1.807) is 12.1 Å². The molecule has 2 amide bonds. The predicted octanol–water partition coefficient (Wildman–Crippen LogP) is 1.83. The Bertz CT molecular complexity index is 521. The van der Waals surface area contributed by atoms with Crippen LogP contribution in [-0.2, 0) is 16.1 Å². The summed E-state index contributed by atoms with van der Waals surface area (Å²) in [4.78, 5) is 25.1. The molecule has 1 fully saturated rings. The largest absolute Gasteiger partial charge is 0.343 e. The highest BCUT2D eigenvalue weighted by Gasteiger charge is 2.31. The highest BCUT2D eigenvalue weighted by molar-refractivity contribution is 9.10. The Hall–Kier alpha value is -1.43. The van der Waals surface area contributed by atoms with Crippen LogP contribution in [0, 0.1) is 5.82 Å². The van der Waals surface area contributed by atoms with E-state index in [9.17, 15) is 14.0 Å². The van der Waals surface area contributed by atoms with E-state index in [1.165, 1.54) is 11.0 Å². The van der Waals surface area contributed by atoms with Crippen LogP contribution in [0.4, 0.5) is 4.39 Å². The summed E-state index contributed by atoms with van der Waals surface area (Å²) in [5.41, 5.74) is 0.783. The van der Waals surface area contributed by atoms with Gasteiger partial charge in [-0.25, -0.2) is 4.39 Å². The third-order valence-electron chi connectivity index (χ3n) is 3.05. The summed E-state index contributed by atoms with van der Waals surface area (Å²) >= 11 is 3.11. The standard InChI is InChI=1S/C13H14BrFN2O2/c1-2-11-13(19)17(7-12(18)16-11)6-8-3-4-10(15)9(14)5-8/h3-5,11H,2,6-7H2,1H3,(H,16,18). The highest BCUT2D eigenvalue weighted by atomic mass is 79.9. The Morgan fingerprint density at radius 1 is 1.47 bits per heavy atom. The first-order valence-electron chi connectivity index (χ1n) is 6.03. The second-order valence-electron chi connectivity index (χ2n) is 4.47. The number of carbonyl (C=O) groups is 2. The van der Waals surface area contributed by atoms with Crippen LogP contribution in [0.5, 0.6) is 0 Å². The number of hydrogen-bond acceptors (Lipinski definition) is 2. The van der Waals surface area contributed by atoms with Crippen LogP contribution in [0.2, 0.25) is 0 Å². The quantitative estimate of drug-likeness (QED) is 0.920. The number of nitrogens with zero attached hydrogens (tertiary/aromatic N) is 1. The van der Waals surface area contributed by atoms with Gasteiger partial charge in [0.15, 0.2) is 0 Å². The van der Waals surface area contributed by atoms with Crippen LogP contribution in [-0.4, -0.2) is 29.3 Å². The van der Waals surface area contributed by atoms with Gasteiger partial charge in [-0.2, -0.15) is 0 Å². The van der Waals surface area contributed by atoms with Gasteiger partial charge in [0, 0.05) is 6.54 Å². The molecular weight excluding hydrogens is 315 g/mol. The minimum atomic E-state index is -0.454. The lowest BCUT2D eigenvalue weighted by molar-refractivity contribution is -0.144. The average Bonchev–Trinajstić information content (AvgIpc) is 2.37. The van der Waals surface area contributed by atoms with E-state index in [-0.39, 0.29) is 24.2 Å². The number of carbonyl (C=O) groups excluding carboxylic acids is 2. The van der Waals surface area contributed by atoms with Gasteiger partial charge in [0.2, 0.25) is 11.8 Å². The summed E-state index contributed by atoms with van der Waals surface area (Å²) in [6.07, 6.45) is 0.564. The molecule has 6 heteroatoms. The fourth-order valence-corrected chi connectivity index (χ4v) is 2.47. The van der Waals surface area contributed by atoms with E-state index < -0.39 is 6.04 Å². The second-order valence-corrected chi connectivity index (χ2v) is 5.33. The van der Waals surface area contributed by atoms with Crippen molar-refractivity contribution in [3.05, 3.63) is 34.1 Å². The number of amides is 2. The zero-order valence-corrected chi connectivity index (χ0v) is 12.0. The van der Waals surface area contributed by atoms with E-state index >= 15 is 0 Å². The van der Waals surface area contributed by atoms with E-state index in [0.717, 1.165) is 5.56 Å². The van der Waals surface area contributed by atoms with Gasteiger partial charge >= 0.3 is 0 Å². The van der Waals surface area contributed by atoms with Crippen LogP contribution in [0.1, 0.15) is 18.9 Å². The Kier molecular flexibility index (Phi) is 4.19. The lowest BCUT2D eigenvalue weighted by atomic mass is 10.1. The molecule has 1 aromatic rings. The van der Waals surface area contributed by atoms with E-state index in [1.807, 2.05) is 6.92 Å². The Morgan fingerprint density at radius 3 is 2.84 bits per heavy atom. The molecule has 1 aliphatic heterocycles. The molecule has 0 spiro atoms. The summed E-state index contributed by atoms with van der Waals surface area (Å²) in [6.45, 7) is 2.20. The molecule has 2 rings (SSSR count). The summed E-state index contributed by atoms with van der Waals surface area (Å²) in [7, 11) is 0. The Morgan fingerprint density at radius 2 is 2.21 bits per heavy atom. The molecule has 0 aliphatic carbocycles. The van der Waals surface area contributed by atoms with Crippen LogP contribution in [0.15, 0.2) is 22.7 Å². The van der Waals surface area contributed by atoms with Crippen molar-refractivity contribution < 1.29 is 14.0 Å². The molecule has 4 nitrogen and oxygen atoms in total. The first-order chi connectivity index (χ1) is 9.01. The molecule has 1 unspecified atom stereocenters. The Labute approximate surface area is 119 Å². The third kappa shape index (κ3) is 3.12. The molecule has 1 aliphatic rings. The molecule has 0 saturated carbocycles. The van der Waals surface area contributed by atoms with Crippen molar-refractivity contribution in [2.45, 2.75) is 25.9 Å². The summed E-state index contributed by atoms with van der Waals surface area (Å²) in [5, 5.41) is 2.65. The van der Waals surface area contributed by atoms with Crippen LogP contribution >= 0.6 is 15.9 Å². The summed E-state index contributed by atoms with van der Waals surface area (Å²) in [5.74, 6) is -0.604. The number of hydrogen-bond donors (Lipinski definition) is 1. The molecule has 1 N–H and O–H groups in total. The molecule has 0 radical (unpaired) electrons. The predicted molar refractivity (Wildman–Crippen MR) is 71.7 cm³/mol. The van der Waals surface area contributed by atoms with Gasteiger partial charge < -0.3 is 10.2 Å². The SMILES string of the molecule is CCC1NC(=O)CN(Cc2ccc(F)c(Br)c2)C1=O. The monoisotopic (exact) mass is 328 g/mol. The highest BCUT2D eigenvalue weighted by Crippen LogP contribution is 2.19. The molecule has 102 valence electrons. The van der Waals surface area contributed by atoms with Crippen molar-refractivity contribution >= 4 is 27.7 Å². The molecular formula is C13H14BrFN2O2. The average molecular weight is 329 g/mol. The Balaban J connectivity index is 2.14. The lowest BCUT2D eigenvalue weighted by Crippen LogP contribution is -2.57. The van der Waals surface area contributed by atoms with Gasteiger partial charge in [0.1, 0.15) is 11.9 Å². The maximum absolute atomic E-state index is 13.1. The van der Waals surface area contributed by atoms with Gasteiger partial charge in [0.25, 0.3) is 0 Å². The van der Waals surface area contributed by atoms with Crippen LogP contribution in [0.3, 0.4) is 0 Å². The van der Waals surface area contributed by atoms with Gasteiger partial charge in [-0.3, -0.25) is 9.59 Å². The maximum Gasteiger partial charge on any atom is 0.245 e. The maximum atomic E-state index is 13.1. The number of rotatable bonds is 3. The third-order valence-corrected chi connectivity index (χ3v) is 3.65. The molecule has 0 aromatic heterocycles. The van der Waals surface area contributed by atoms with Crippen LogP contribution in [0.25, 0.3) is 0 Å². The van der Waals surface area contributed by atoms with E-state index in [2.05, 4.69) is 21.2 Å². The number of piperazine rings is 1. The van der Waals surface area contributed by atoms with Gasteiger partial charge in [-0.05, 0) is 40.0 Å². The van der Waals surface area contributed by atoms with Gasteiger partial charge in [0.05, 0.1) is 11.0 Å². The van der Waals surface area contributed by atoms with Gasteiger partial charge in [-0.15, -0.1) is 0 Å². The fourth-order valence-electron chi connectivity index (χ4n) is 2.04. The summed E-state index contributed by atoms with van der Waals surface area (Å²) < 4.78 is 13.5. The van der Waals surface area contributed by atoms with Crippen molar-refractivity contribution in [3.8, 4) is 0 Å². The lowest BCUT2D eigenvalue weighted by Gasteiger charge is -2.32. The molecule has 1 atom stereocenters. The van der Waals surface area contributed by atoms with Gasteiger partial charge in [-0.1, -0.05) is 13.0 Å². The zero-order valence-electron chi connectivity index (χ0n) is 10.5. The van der Waals surface area contributed by atoms with E-state index in [4.69, 9.17) is 0 Å². The minimum absolute atomic E-state index is 0.0460. The van der Waals surface area contributed by atoms with Crippen molar-refractivity contribution in [2.75, 3.05) is 6.54 Å². The second kappa shape index (κ2) is 5.69. The molecule has 1 aromatic carbocycles. The van der Waals surface area contributed by atoms with Crippen molar-refractivity contribution in [1.29, 1.82) is 0 Å². The van der Waals surface area contributed by atoms with E-state index in [0.29, 0.717) is 17.4 Å². The molecule has 1 heterocycles. The number of nitrogens with one attached hydrogen (secondary N) is 1. The van der Waals surface area contributed by atoms with Crippen molar-refractivity contribution in [2.24, 2.45) is 0 Å². The number of benzene rings is 1. The van der Waals surface area contributed by atoms with Crippen molar-refractivity contribution in [3.63, 3.8) is 0 Å². The zero-order chi connectivity index (χ0) is 14.0. The summed E-state index contributed by atoms with van der Waals surface area (Å²) in [6, 6.07) is 4.12. The fraction of sp³-hybridized carbons (Fsp3) is 0.385. The van der Waals surface area contributed by atoms with Crippen LogP contribution < -0.4 is 5.32 Å². The minimum Gasteiger partial charge on any atom is -0.343 e. The first-order valence-corrected chi connectivity index (χ1v) is 6.82. The smallest absolute Gasteiger partial charge is 0.245 e. The normalized spacial score (nSPS) is 19.5. The number of halogens is 2. The molecule has 0 bridgehead atoms. The van der Waals surface area contributed by atoms with Crippen molar-refractivity contribution in [1.82, 2.24) is 10.2 Å². The topological polar surface area (TPSA) is 49.4 Å².